The van der Waals surface area contributed by atoms with Gasteiger partial charge in [0.1, 0.15) is 0 Å². The van der Waals surface area contributed by atoms with E-state index in [0.29, 0.717) is 28.3 Å². The first kappa shape index (κ1) is 22.5. The van der Waals surface area contributed by atoms with Gasteiger partial charge in [0.25, 0.3) is 5.91 Å². The summed E-state index contributed by atoms with van der Waals surface area (Å²) in [5, 5.41) is 4.07. The van der Waals surface area contributed by atoms with Crippen molar-refractivity contribution >= 4 is 28.4 Å². The number of nitrogens with zero attached hydrogens (tertiary/aromatic N) is 2. The number of methoxy groups -OCH3 is 2. The molecule has 0 bridgehead atoms. The number of benzene rings is 3. The lowest BCUT2D eigenvalue weighted by Crippen LogP contribution is -2.44. The molecule has 2 heterocycles. The van der Waals surface area contributed by atoms with E-state index in [9.17, 15) is 9.59 Å². The summed E-state index contributed by atoms with van der Waals surface area (Å²) in [7, 11) is 6.86. The summed E-state index contributed by atoms with van der Waals surface area (Å²) in [5.41, 5.74) is 3.81. The maximum Gasteiger partial charge on any atom is 0.254 e. The Labute approximate surface area is 203 Å². The number of hydrogen-bond donors (Lipinski definition) is 1. The number of amides is 2. The van der Waals surface area contributed by atoms with Gasteiger partial charge in [-0.3, -0.25) is 9.59 Å². The molecule has 1 aromatic heterocycles. The average molecular weight is 470 g/mol. The number of fused-ring (bicyclic) bond motifs is 2. The third kappa shape index (κ3) is 3.69. The van der Waals surface area contributed by atoms with Crippen LogP contribution in [0.25, 0.3) is 10.9 Å². The molecule has 0 spiro atoms. The lowest BCUT2D eigenvalue weighted by atomic mass is 9.79. The van der Waals surface area contributed by atoms with Crippen molar-refractivity contribution in [3.8, 4) is 11.5 Å². The van der Waals surface area contributed by atoms with Crippen LogP contribution in [0.2, 0.25) is 0 Å². The Kier molecular flexibility index (Phi) is 5.68. The molecule has 1 aliphatic heterocycles. The van der Waals surface area contributed by atoms with Crippen LogP contribution in [-0.2, 0) is 11.8 Å². The first-order valence-corrected chi connectivity index (χ1v) is 11.4. The topological polar surface area (TPSA) is 72.8 Å². The van der Waals surface area contributed by atoms with Crippen molar-refractivity contribution in [1.82, 2.24) is 9.47 Å². The molecule has 3 aromatic carbocycles. The second-order valence-corrected chi connectivity index (χ2v) is 8.70. The van der Waals surface area contributed by atoms with Crippen LogP contribution in [0.3, 0.4) is 0 Å². The second kappa shape index (κ2) is 8.83. The van der Waals surface area contributed by atoms with Crippen molar-refractivity contribution < 1.29 is 19.1 Å². The van der Waals surface area contributed by atoms with Crippen LogP contribution in [0.1, 0.15) is 33.4 Å². The number of aromatic nitrogens is 1. The van der Waals surface area contributed by atoms with Gasteiger partial charge in [-0.2, -0.15) is 0 Å². The van der Waals surface area contributed by atoms with Crippen molar-refractivity contribution in [3.63, 3.8) is 0 Å². The normalized spacial score (nSPS) is 17.3. The molecule has 1 aliphatic rings. The summed E-state index contributed by atoms with van der Waals surface area (Å²) in [6.07, 6.45) is 2.02. The van der Waals surface area contributed by atoms with E-state index in [1.54, 1.807) is 50.4 Å². The van der Waals surface area contributed by atoms with Crippen LogP contribution in [0.15, 0.2) is 72.9 Å². The number of likely N-dealkylation sites (N-methyl/N-ethyl adjacent to an activating group) is 1. The molecule has 178 valence electrons. The number of nitrogens with one attached hydrogen (secondary N) is 1. The number of rotatable bonds is 5. The third-order valence-corrected chi connectivity index (χ3v) is 6.76. The van der Waals surface area contributed by atoms with Gasteiger partial charge in [-0.1, -0.05) is 36.4 Å². The monoisotopic (exact) mass is 469 g/mol. The van der Waals surface area contributed by atoms with Gasteiger partial charge in [0.2, 0.25) is 5.91 Å². The molecule has 0 saturated heterocycles. The summed E-state index contributed by atoms with van der Waals surface area (Å²) in [4.78, 5) is 29.0. The number of ether oxygens (including phenoxy) is 2. The summed E-state index contributed by atoms with van der Waals surface area (Å²) in [5.74, 6) is 0.170. The third-order valence-electron chi connectivity index (χ3n) is 6.76. The van der Waals surface area contributed by atoms with Crippen molar-refractivity contribution in [3.05, 3.63) is 89.6 Å². The standard InChI is InChI=1S/C28H27N3O4/c1-30-16-21(18-9-7-8-12-22(18)30)26-25(19-10-5-6-11-20(19)28(33)31(26)2)27(32)29-17-13-14-23(34-3)24(15-17)35-4/h5-16,25-26H,1-4H3,(H,29,32). The minimum absolute atomic E-state index is 0.103. The van der Waals surface area contributed by atoms with Gasteiger partial charge in [0, 0.05) is 54.1 Å². The Hall–Kier alpha value is -4.26. The molecule has 2 atom stereocenters. The number of anilines is 1. The molecule has 5 rings (SSSR count). The Bertz CT molecular complexity index is 1440. The first-order chi connectivity index (χ1) is 16.9. The fourth-order valence-corrected chi connectivity index (χ4v) is 5.09. The number of carbonyl (C=O) groups excluding carboxylic acids is 2. The predicted octanol–water partition coefficient (Wildman–Crippen LogP) is 4.74. The summed E-state index contributed by atoms with van der Waals surface area (Å²) >= 11 is 0. The van der Waals surface area contributed by atoms with E-state index in [-0.39, 0.29) is 11.8 Å². The van der Waals surface area contributed by atoms with E-state index in [0.717, 1.165) is 16.5 Å². The zero-order chi connectivity index (χ0) is 24.7. The zero-order valence-electron chi connectivity index (χ0n) is 20.1. The van der Waals surface area contributed by atoms with E-state index in [1.807, 2.05) is 60.3 Å². The lowest BCUT2D eigenvalue weighted by molar-refractivity contribution is -0.119. The molecular weight excluding hydrogens is 442 g/mol. The fraction of sp³-hybridized carbons (Fsp3) is 0.214. The SMILES string of the molecule is COc1ccc(NC(=O)C2c3ccccc3C(=O)N(C)C2c2cn(C)c3ccccc23)cc1OC. The molecule has 2 amide bonds. The van der Waals surface area contributed by atoms with E-state index >= 15 is 0 Å². The fourth-order valence-electron chi connectivity index (χ4n) is 5.09. The van der Waals surface area contributed by atoms with Crippen LogP contribution in [0.5, 0.6) is 11.5 Å². The lowest BCUT2D eigenvalue weighted by Gasteiger charge is -2.39. The number of hydrogen-bond acceptors (Lipinski definition) is 4. The Morgan fingerprint density at radius 2 is 1.60 bits per heavy atom. The summed E-state index contributed by atoms with van der Waals surface area (Å²) in [6, 6.07) is 20.2. The summed E-state index contributed by atoms with van der Waals surface area (Å²) in [6.45, 7) is 0. The van der Waals surface area contributed by atoms with Crippen LogP contribution < -0.4 is 14.8 Å². The molecule has 7 nitrogen and oxygen atoms in total. The van der Waals surface area contributed by atoms with Crippen LogP contribution >= 0.6 is 0 Å². The van der Waals surface area contributed by atoms with Crippen LogP contribution in [0.4, 0.5) is 5.69 Å². The van der Waals surface area contributed by atoms with E-state index in [4.69, 9.17) is 9.47 Å². The first-order valence-electron chi connectivity index (χ1n) is 11.4. The largest absolute Gasteiger partial charge is 0.493 e. The van der Waals surface area contributed by atoms with Crippen molar-refractivity contribution in [2.75, 3.05) is 26.6 Å². The minimum atomic E-state index is -0.618. The van der Waals surface area contributed by atoms with Crippen molar-refractivity contribution in [2.24, 2.45) is 7.05 Å². The highest BCUT2D eigenvalue weighted by atomic mass is 16.5. The molecule has 35 heavy (non-hydrogen) atoms. The van der Waals surface area contributed by atoms with Gasteiger partial charge >= 0.3 is 0 Å². The van der Waals surface area contributed by atoms with Gasteiger partial charge in [0.05, 0.1) is 26.2 Å². The highest BCUT2D eigenvalue weighted by Gasteiger charge is 2.43. The average Bonchev–Trinajstić information content (AvgIpc) is 3.21. The smallest absolute Gasteiger partial charge is 0.254 e. The number of para-hydroxylation sites is 1. The van der Waals surface area contributed by atoms with E-state index < -0.39 is 12.0 Å². The number of aryl methyl sites for hydroxylation is 1. The molecule has 0 fully saturated rings. The van der Waals surface area contributed by atoms with Gasteiger partial charge in [-0.05, 0) is 29.8 Å². The van der Waals surface area contributed by atoms with Gasteiger partial charge in [0.15, 0.2) is 11.5 Å². The van der Waals surface area contributed by atoms with E-state index in [2.05, 4.69) is 5.32 Å². The second-order valence-electron chi connectivity index (χ2n) is 8.70. The highest BCUT2D eigenvalue weighted by molar-refractivity contribution is 6.05. The quantitative estimate of drug-likeness (QED) is 0.458. The summed E-state index contributed by atoms with van der Waals surface area (Å²) < 4.78 is 12.8. The van der Waals surface area contributed by atoms with Gasteiger partial charge in [-0.25, -0.2) is 0 Å². The molecule has 4 aromatic rings. The maximum atomic E-state index is 13.9. The minimum Gasteiger partial charge on any atom is -0.493 e. The molecule has 0 saturated carbocycles. The van der Waals surface area contributed by atoms with Gasteiger partial charge < -0.3 is 24.3 Å². The van der Waals surface area contributed by atoms with Crippen LogP contribution in [0, 0.1) is 0 Å². The Morgan fingerprint density at radius 3 is 2.37 bits per heavy atom. The van der Waals surface area contributed by atoms with Crippen LogP contribution in [-0.4, -0.2) is 42.5 Å². The Morgan fingerprint density at radius 1 is 0.886 bits per heavy atom. The molecule has 1 N–H and O–H groups in total. The zero-order valence-corrected chi connectivity index (χ0v) is 20.1. The molecule has 2 unspecified atom stereocenters. The van der Waals surface area contributed by atoms with E-state index in [1.165, 1.54) is 0 Å². The molecular formula is C28H27N3O4. The highest BCUT2D eigenvalue weighted by Crippen LogP contribution is 2.45. The van der Waals surface area contributed by atoms with Crippen molar-refractivity contribution in [2.45, 2.75) is 12.0 Å². The van der Waals surface area contributed by atoms with Crippen molar-refractivity contribution in [1.29, 1.82) is 0 Å². The maximum absolute atomic E-state index is 13.9. The molecule has 0 aliphatic carbocycles. The van der Waals surface area contributed by atoms with Gasteiger partial charge in [-0.15, -0.1) is 0 Å². The Balaban J connectivity index is 1.63. The molecule has 0 radical (unpaired) electrons. The predicted molar refractivity (Wildman–Crippen MR) is 135 cm³/mol. The molecule has 7 heteroatoms. The number of carbonyl (C=O) groups is 2.